The summed E-state index contributed by atoms with van der Waals surface area (Å²) in [4.78, 5) is 39.2. The summed E-state index contributed by atoms with van der Waals surface area (Å²) >= 11 is 0. The maximum absolute atomic E-state index is 13.5. The minimum absolute atomic E-state index is 0.0315. The van der Waals surface area contributed by atoms with Crippen LogP contribution in [0.4, 0.5) is 4.79 Å². The van der Waals surface area contributed by atoms with Crippen LogP contribution >= 0.6 is 0 Å². The SMILES string of the molecule is CC(C)(C)CN(CC(=O)O)C(=O)C1(NC(=O)OCC2c3ccccc3-c3ccccc32)CCOC1. The molecule has 1 fully saturated rings. The van der Waals surface area contributed by atoms with Crippen LogP contribution in [0.1, 0.15) is 44.2 Å². The third kappa shape index (κ3) is 5.32. The van der Waals surface area contributed by atoms with Crippen LogP contribution in [0.5, 0.6) is 0 Å². The summed E-state index contributed by atoms with van der Waals surface area (Å²) in [6.07, 6.45) is -0.479. The van der Waals surface area contributed by atoms with Crippen LogP contribution in [0.2, 0.25) is 0 Å². The van der Waals surface area contributed by atoms with Crippen molar-refractivity contribution >= 4 is 18.0 Å². The standard InChI is InChI=1S/C27H32N2O6/c1-26(2,3)16-29(14-23(30)31)24(32)27(12-13-34-17-27)28-25(33)35-15-22-20-10-6-4-8-18(20)19-9-5-7-11-21(19)22/h4-11,22H,12-17H2,1-3H3,(H,28,33)(H,30,31). The van der Waals surface area contributed by atoms with E-state index in [1.165, 1.54) is 4.90 Å². The Kier molecular flexibility index (Phi) is 6.85. The first-order valence-electron chi connectivity index (χ1n) is 11.8. The monoisotopic (exact) mass is 480 g/mol. The number of ether oxygens (including phenoxy) is 2. The van der Waals surface area contributed by atoms with Crippen LogP contribution in [0.3, 0.4) is 0 Å². The first kappa shape index (κ1) is 24.7. The van der Waals surface area contributed by atoms with Crippen LogP contribution < -0.4 is 5.32 Å². The van der Waals surface area contributed by atoms with E-state index in [9.17, 15) is 19.5 Å². The lowest BCUT2D eigenvalue weighted by molar-refractivity contribution is -0.148. The van der Waals surface area contributed by atoms with Gasteiger partial charge in [0.15, 0.2) is 0 Å². The largest absolute Gasteiger partial charge is 0.480 e. The summed E-state index contributed by atoms with van der Waals surface area (Å²) in [5.74, 6) is -1.69. The normalized spacial score (nSPS) is 19.1. The Hall–Kier alpha value is -3.39. The number of alkyl carbamates (subject to hydrolysis) is 1. The summed E-state index contributed by atoms with van der Waals surface area (Å²) < 4.78 is 11.1. The minimum Gasteiger partial charge on any atom is -0.480 e. The highest BCUT2D eigenvalue weighted by atomic mass is 16.6. The molecule has 0 spiro atoms. The van der Waals surface area contributed by atoms with E-state index >= 15 is 0 Å². The fourth-order valence-corrected chi connectivity index (χ4v) is 4.95. The number of carboxylic acids is 1. The van der Waals surface area contributed by atoms with Gasteiger partial charge in [0, 0.05) is 25.5 Å². The Morgan fingerprint density at radius 2 is 1.69 bits per heavy atom. The molecule has 1 heterocycles. The molecular formula is C27H32N2O6. The third-order valence-electron chi connectivity index (χ3n) is 6.39. The zero-order valence-electron chi connectivity index (χ0n) is 20.4. The maximum Gasteiger partial charge on any atom is 0.408 e. The van der Waals surface area contributed by atoms with Crippen molar-refractivity contribution in [1.82, 2.24) is 10.2 Å². The van der Waals surface area contributed by atoms with Crippen molar-refractivity contribution < 1.29 is 29.0 Å². The second kappa shape index (κ2) is 9.70. The highest BCUT2D eigenvalue weighted by molar-refractivity contribution is 5.92. The van der Waals surface area contributed by atoms with Gasteiger partial charge < -0.3 is 24.8 Å². The molecule has 2 aliphatic rings. The smallest absolute Gasteiger partial charge is 0.408 e. The number of nitrogens with zero attached hydrogens (tertiary/aromatic N) is 1. The average molecular weight is 481 g/mol. The molecule has 1 atom stereocenters. The summed E-state index contributed by atoms with van der Waals surface area (Å²) in [5.41, 5.74) is 2.75. The van der Waals surface area contributed by atoms with Crippen molar-refractivity contribution in [3.8, 4) is 11.1 Å². The molecule has 2 amide bonds. The highest BCUT2D eigenvalue weighted by Gasteiger charge is 2.47. The number of rotatable bonds is 7. The fourth-order valence-electron chi connectivity index (χ4n) is 4.95. The van der Waals surface area contributed by atoms with Crippen molar-refractivity contribution in [2.24, 2.45) is 5.41 Å². The Labute approximate surface area is 205 Å². The minimum atomic E-state index is -1.36. The number of fused-ring (bicyclic) bond motifs is 3. The van der Waals surface area contributed by atoms with E-state index in [0.717, 1.165) is 22.3 Å². The van der Waals surface area contributed by atoms with Crippen molar-refractivity contribution in [2.45, 2.75) is 38.6 Å². The molecule has 2 aromatic carbocycles. The number of nitrogens with one attached hydrogen (secondary N) is 1. The molecule has 4 rings (SSSR count). The van der Waals surface area contributed by atoms with Gasteiger partial charge in [0.2, 0.25) is 0 Å². The van der Waals surface area contributed by atoms with Gasteiger partial charge in [0.05, 0.1) is 6.61 Å². The molecule has 1 unspecified atom stereocenters. The molecule has 8 heteroatoms. The van der Waals surface area contributed by atoms with Gasteiger partial charge in [0.25, 0.3) is 5.91 Å². The first-order valence-corrected chi connectivity index (χ1v) is 11.8. The van der Waals surface area contributed by atoms with Crippen LogP contribution in [0.15, 0.2) is 48.5 Å². The predicted molar refractivity (Wildman–Crippen MR) is 130 cm³/mol. The van der Waals surface area contributed by atoms with Crippen LogP contribution in [-0.2, 0) is 19.1 Å². The molecule has 35 heavy (non-hydrogen) atoms. The molecule has 2 N–H and O–H groups in total. The molecule has 8 nitrogen and oxygen atoms in total. The highest BCUT2D eigenvalue weighted by Crippen LogP contribution is 2.44. The number of benzene rings is 2. The average Bonchev–Trinajstić information content (AvgIpc) is 3.39. The maximum atomic E-state index is 13.5. The van der Waals surface area contributed by atoms with Crippen molar-refractivity contribution in [1.29, 1.82) is 0 Å². The lowest BCUT2D eigenvalue weighted by atomic mass is 9.92. The summed E-state index contributed by atoms with van der Waals surface area (Å²) in [6.45, 7) is 5.91. The van der Waals surface area contributed by atoms with Gasteiger partial charge in [-0.25, -0.2) is 4.79 Å². The summed E-state index contributed by atoms with van der Waals surface area (Å²) in [5, 5.41) is 12.1. The fraction of sp³-hybridized carbons (Fsp3) is 0.444. The van der Waals surface area contributed by atoms with Gasteiger partial charge in [0.1, 0.15) is 18.7 Å². The summed E-state index contributed by atoms with van der Waals surface area (Å²) in [7, 11) is 0. The van der Waals surface area contributed by atoms with Gasteiger partial charge in [-0.2, -0.15) is 0 Å². The first-order chi connectivity index (χ1) is 16.6. The number of amides is 2. The van der Waals surface area contributed by atoms with Crippen LogP contribution in [0.25, 0.3) is 11.1 Å². The molecule has 1 aliphatic carbocycles. The van der Waals surface area contributed by atoms with Gasteiger partial charge in [-0.15, -0.1) is 0 Å². The molecule has 0 saturated carbocycles. The third-order valence-corrected chi connectivity index (χ3v) is 6.39. The number of hydrogen-bond acceptors (Lipinski definition) is 5. The summed E-state index contributed by atoms with van der Waals surface area (Å²) in [6, 6.07) is 16.1. The molecule has 1 saturated heterocycles. The molecule has 1 aliphatic heterocycles. The van der Waals surface area contributed by atoms with Gasteiger partial charge in [-0.3, -0.25) is 9.59 Å². The van der Waals surface area contributed by atoms with Gasteiger partial charge >= 0.3 is 12.1 Å². The second-order valence-corrected chi connectivity index (χ2v) is 10.5. The molecule has 0 radical (unpaired) electrons. The number of aliphatic carboxylic acids is 1. The van der Waals surface area contributed by atoms with E-state index in [1.54, 1.807) is 0 Å². The van der Waals surface area contributed by atoms with E-state index in [2.05, 4.69) is 17.4 Å². The van der Waals surface area contributed by atoms with E-state index in [1.807, 2.05) is 57.2 Å². The zero-order chi connectivity index (χ0) is 25.2. The molecule has 0 bridgehead atoms. The Morgan fingerprint density at radius 1 is 1.09 bits per heavy atom. The van der Waals surface area contributed by atoms with Crippen LogP contribution in [-0.4, -0.2) is 66.4 Å². The van der Waals surface area contributed by atoms with Crippen molar-refractivity contribution in [3.63, 3.8) is 0 Å². The quantitative estimate of drug-likeness (QED) is 0.627. The lowest BCUT2D eigenvalue weighted by Crippen LogP contribution is -2.62. The number of carboxylic acid groups (broad SMARTS) is 1. The van der Waals surface area contributed by atoms with Gasteiger partial charge in [-0.05, 0) is 27.7 Å². The lowest BCUT2D eigenvalue weighted by Gasteiger charge is -2.36. The number of hydrogen-bond donors (Lipinski definition) is 2. The van der Waals surface area contributed by atoms with E-state index < -0.39 is 30.1 Å². The predicted octanol–water partition coefficient (Wildman–Crippen LogP) is 3.64. The van der Waals surface area contributed by atoms with E-state index in [0.29, 0.717) is 0 Å². The molecular weight excluding hydrogens is 448 g/mol. The molecule has 186 valence electrons. The Morgan fingerprint density at radius 3 is 2.20 bits per heavy atom. The van der Waals surface area contributed by atoms with Crippen molar-refractivity contribution in [2.75, 3.05) is 32.9 Å². The number of carbonyl (C=O) groups excluding carboxylic acids is 2. The molecule has 2 aromatic rings. The van der Waals surface area contributed by atoms with Crippen molar-refractivity contribution in [3.05, 3.63) is 59.7 Å². The Balaban J connectivity index is 1.49. The van der Waals surface area contributed by atoms with E-state index in [-0.39, 0.29) is 44.1 Å². The topological polar surface area (TPSA) is 105 Å². The van der Waals surface area contributed by atoms with E-state index in [4.69, 9.17) is 9.47 Å². The number of carbonyl (C=O) groups is 3. The Bertz CT molecular complexity index is 1070. The van der Waals surface area contributed by atoms with Crippen LogP contribution in [0, 0.1) is 5.41 Å². The zero-order valence-corrected chi connectivity index (χ0v) is 20.4. The molecule has 0 aromatic heterocycles. The van der Waals surface area contributed by atoms with Gasteiger partial charge in [-0.1, -0.05) is 69.3 Å². The second-order valence-electron chi connectivity index (χ2n) is 10.5.